The third-order valence-electron chi connectivity index (χ3n) is 5.32. The Hall–Kier alpha value is -2.76. The number of carbonyl (C=O) groups excluding carboxylic acids is 1. The average molecular weight is 370 g/mol. The molecule has 2 aromatic carbocycles. The van der Waals surface area contributed by atoms with Crippen LogP contribution in [0, 0.1) is 12.7 Å². The number of aromatic hydroxyl groups is 1. The van der Waals surface area contributed by atoms with E-state index in [1.807, 2.05) is 20.8 Å². The van der Waals surface area contributed by atoms with Gasteiger partial charge in [0, 0.05) is 35.9 Å². The normalized spacial score (nSPS) is 25.9. The summed E-state index contributed by atoms with van der Waals surface area (Å²) in [5.41, 5.74) is 0.764. The monoisotopic (exact) mass is 370 g/mol. The minimum atomic E-state index is -0.980. The number of aryl methyl sites for hydroxylation is 1. The topological polar surface area (TPSA) is 70.6 Å². The molecule has 5 nitrogen and oxygen atoms in total. The molecule has 2 aromatic rings. The smallest absolute Gasteiger partial charge is 0.318 e. The van der Waals surface area contributed by atoms with E-state index < -0.39 is 11.3 Å². The SMILES string of the molecule is Cc1cc(O)cc2c1[C@@H](c1ccccc1F)C[C@]1(CC(C)(C)NC(=O)N1)O2. The van der Waals surface area contributed by atoms with Crippen molar-refractivity contribution in [3.05, 3.63) is 58.9 Å². The summed E-state index contributed by atoms with van der Waals surface area (Å²) in [6.07, 6.45) is 0.911. The summed E-state index contributed by atoms with van der Waals surface area (Å²) in [6.45, 7) is 5.73. The van der Waals surface area contributed by atoms with E-state index in [0.29, 0.717) is 24.2 Å². The van der Waals surface area contributed by atoms with Gasteiger partial charge in [0.15, 0.2) is 5.72 Å². The van der Waals surface area contributed by atoms with Crippen LogP contribution in [-0.2, 0) is 0 Å². The van der Waals surface area contributed by atoms with Gasteiger partial charge in [-0.1, -0.05) is 18.2 Å². The van der Waals surface area contributed by atoms with E-state index in [1.165, 1.54) is 12.1 Å². The molecule has 2 aliphatic heterocycles. The number of ether oxygens (including phenoxy) is 1. The number of rotatable bonds is 1. The maximum Gasteiger partial charge on any atom is 0.318 e. The highest BCUT2D eigenvalue weighted by Crippen LogP contribution is 2.49. The molecule has 27 heavy (non-hydrogen) atoms. The Morgan fingerprint density at radius 3 is 2.67 bits per heavy atom. The third-order valence-corrected chi connectivity index (χ3v) is 5.32. The Balaban J connectivity index is 1.89. The Labute approximate surface area is 157 Å². The molecule has 0 saturated carbocycles. The van der Waals surface area contributed by atoms with Crippen molar-refractivity contribution in [2.45, 2.75) is 50.8 Å². The van der Waals surface area contributed by atoms with Gasteiger partial charge < -0.3 is 20.5 Å². The molecule has 2 amide bonds. The summed E-state index contributed by atoms with van der Waals surface area (Å²) in [6, 6.07) is 9.55. The molecule has 0 aromatic heterocycles. The van der Waals surface area contributed by atoms with E-state index in [2.05, 4.69) is 10.6 Å². The second-order valence-electron chi connectivity index (χ2n) is 8.19. The zero-order chi connectivity index (χ0) is 19.4. The molecule has 1 spiro atoms. The molecule has 0 unspecified atom stereocenters. The van der Waals surface area contributed by atoms with Crippen molar-refractivity contribution in [3.8, 4) is 11.5 Å². The lowest BCUT2D eigenvalue weighted by molar-refractivity contribution is -0.0239. The van der Waals surface area contributed by atoms with E-state index in [4.69, 9.17) is 4.74 Å². The molecule has 1 fully saturated rings. The molecular weight excluding hydrogens is 347 g/mol. The maximum absolute atomic E-state index is 14.7. The number of urea groups is 1. The molecule has 0 aliphatic carbocycles. The van der Waals surface area contributed by atoms with Gasteiger partial charge in [-0.2, -0.15) is 0 Å². The first-order chi connectivity index (χ1) is 12.7. The standard InChI is InChI=1S/C21H23FN2O3/c1-12-8-13(25)9-17-18(12)15(14-6-4-5-7-16(14)22)10-21(27-17)11-20(2,3)23-19(26)24-21/h4-9,15,25H,10-11H2,1-3H3,(H2,23,24,26)/t15-,21-/m1/s1. The third kappa shape index (κ3) is 3.09. The zero-order valence-electron chi connectivity index (χ0n) is 15.6. The van der Waals surface area contributed by atoms with Crippen LogP contribution in [0.2, 0.25) is 0 Å². The minimum absolute atomic E-state index is 0.0788. The summed E-state index contributed by atoms with van der Waals surface area (Å²) < 4.78 is 20.9. The van der Waals surface area contributed by atoms with Crippen LogP contribution in [0.1, 0.15) is 49.3 Å². The molecule has 6 heteroatoms. The minimum Gasteiger partial charge on any atom is -0.508 e. The number of hydrogen-bond acceptors (Lipinski definition) is 3. The van der Waals surface area contributed by atoms with Crippen molar-refractivity contribution < 1.29 is 19.0 Å². The predicted molar refractivity (Wildman–Crippen MR) is 99.4 cm³/mol. The molecule has 1 saturated heterocycles. The van der Waals surface area contributed by atoms with Crippen LogP contribution in [0.5, 0.6) is 11.5 Å². The second kappa shape index (κ2) is 5.87. The van der Waals surface area contributed by atoms with Gasteiger partial charge in [0.1, 0.15) is 17.3 Å². The summed E-state index contributed by atoms with van der Waals surface area (Å²) in [7, 11) is 0. The molecule has 4 rings (SSSR count). The van der Waals surface area contributed by atoms with Crippen molar-refractivity contribution in [1.29, 1.82) is 0 Å². The highest BCUT2D eigenvalue weighted by atomic mass is 19.1. The molecule has 2 aliphatic rings. The van der Waals surface area contributed by atoms with Gasteiger partial charge in [0.2, 0.25) is 0 Å². The van der Waals surface area contributed by atoms with Gasteiger partial charge in [-0.3, -0.25) is 0 Å². The van der Waals surface area contributed by atoms with Crippen molar-refractivity contribution in [1.82, 2.24) is 10.6 Å². The lowest BCUT2D eigenvalue weighted by Gasteiger charge is -2.49. The number of phenols is 1. The van der Waals surface area contributed by atoms with Gasteiger partial charge in [-0.25, -0.2) is 9.18 Å². The molecule has 142 valence electrons. The number of phenolic OH excluding ortho intramolecular Hbond substituents is 1. The first-order valence-corrected chi connectivity index (χ1v) is 9.05. The first-order valence-electron chi connectivity index (χ1n) is 9.05. The van der Waals surface area contributed by atoms with Crippen molar-refractivity contribution in [3.63, 3.8) is 0 Å². The number of fused-ring (bicyclic) bond motifs is 1. The van der Waals surface area contributed by atoms with Gasteiger partial charge in [-0.15, -0.1) is 0 Å². The summed E-state index contributed by atoms with van der Waals surface area (Å²) in [5, 5.41) is 15.9. The number of hydrogen-bond donors (Lipinski definition) is 3. The van der Waals surface area contributed by atoms with Gasteiger partial charge in [-0.05, 0) is 44.0 Å². The van der Waals surface area contributed by atoms with Crippen molar-refractivity contribution >= 4 is 6.03 Å². The van der Waals surface area contributed by atoms with E-state index in [0.717, 1.165) is 11.1 Å². The Morgan fingerprint density at radius 1 is 1.22 bits per heavy atom. The number of amides is 2. The number of benzene rings is 2. The van der Waals surface area contributed by atoms with E-state index in [-0.39, 0.29) is 23.5 Å². The molecule has 3 N–H and O–H groups in total. The average Bonchev–Trinajstić information content (AvgIpc) is 2.51. The lowest BCUT2D eigenvalue weighted by atomic mass is 9.76. The molecule has 2 atom stereocenters. The van der Waals surface area contributed by atoms with E-state index in [1.54, 1.807) is 24.3 Å². The van der Waals surface area contributed by atoms with Gasteiger partial charge in [0.25, 0.3) is 0 Å². The molecule has 2 heterocycles. The second-order valence-corrected chi connectivity index (χ2v) is 8.19. The van der Waals surface area contributed by atoms with Crippen molar-refractivity contribution in [2.75, 3.05) is 0 Å². The summed E-state index contributed by atoms with van der Waals surface area (Å²) in [5.74, 6) is -0.0395. The zero-order valence-corrected chi connectivity index (χ0v) is 15.6. The lowest BCUT2D eigenvalue weighted by Crippen LogP contribution is -2.69. The fraction of sp³-hybridized carbons (Fsp3) is 0.381. The van der Waals surface area contributed by atoms with E-state index >= 15 is 0 Å². The molecular formula is C21H23FN2O3. The Bertz CT molecular complexity index is 928. The summed E-state index contributed by atoms with van der Waals surface area (Å²) >= 11 is 0. The van der Waals surface area contributed by atoms with Crippen LogP contribution < -0.4 is 15.4 Å². The van der Waals surface area contributed by atoms with Crippen LogP contribution in [0.15, 0.2) is 36.4 Å². The van der Waals surface area contributed by atoms with E-state index in [9.17, 15) is 14.3 Å². The number of carbonyl (C=O) groups is 1. The first kappa shape index (κ1) is 17.6. The fourth-order valence-electron chi connectivity index (χ4n) is 4.52. The maximum atomic E-state index is 14.7. The Kier molecular flexibility index (Phi) is 3.84. The quantitative estimate of drug-likeness (QED) is 0.712. The molecule has 0 radical (unpaired) electrons. The van der Waals surface area contributed by atoms with Crippen LogP contribution in [0.25, 0.3) is 0 Å². The molecule has 0 bridgehead atoms. The largest absolute Gasteiger partial charge is 0.508 e. The number of nitrogens with one attached hydrogen (secondary N) is 2. The van der Waals surface area contributed by atoms with Gasteiger partial charge >= 0.3 is 6.03 Å². The number of halogens is 1. The van der Waals surface area contributed by atoms with Crippen LogP contribution in [-0.4, -0.2) is 22.4 Å². The Morgan fingerprint density at radius 2 is 1.96 bits per heavy atom. The van der Waals surface area contributed by atoms with Crippen molar-refractivity contribution in [2.24, 2.45) is 0 Å². The fourth-order valence-corrected chi connectivity index (χ4v) is 4.52. The highest BCUT2D eigenvalue weighted by molar-refractivity contribution is 5.77. The summed E-state index contributed by atoms with van der Waals surface area (Å²) in [4.78, 5) is 12.3. The predicted octanol–water partition coefficient (Wildman–Crippen LogP) is 3.93. The van der Waals surface area contributed by atoms with Crippen LogP contribution in [0.4, 0.5) is 9.18 Å². The van der Waals surface area contributed by atoms with Crippen LogP contribution >= 0.6 is 0 Å². The van der Waals surface area contributed by atoms with Crippen LogP contribution in [0.3, 0.4) is 0 Å². The highest BCUT2D eigenvalue weighted by Gasteiger charge is 2.50. The van der Waals surface area contributed by atoms with Gasteiger partial charge in [0.05, 0.1) is 0 Å².